The van der Waals surface area contributed by atoms with Gasteiger partial charge >= 0.3 is 0 Å². The molecular formula is C22H31NO. The Balaban J connectivity index is 2.14. The van der Waals surface area contributed by atoms with Gasteiger partial charge in [-0.05, 0) is 44.4 Å². The van der Waals surface area contributed by atoms with Gasteiger partial charge in [0, 0.05) is 16.6 Å². The quantitative estimate of drug-likeness (QED) is 0.372. The molecule has 1 aromatic carbocycles. The van der Waals surface area contributed by atoms with Crippen LogP contribution >= 0.6 is 0 Å². The summed E-state index contributed by atoms with van der Waals surface area (Å²) in [7, 11) is 0. The molecule has 0 fully saturated rings. The lowest BCUT2D eigenvalue weighted by molar-refractivity contribution is 0.353. The third-order valence-corrected chi connectivity index (χ3v) is 4.41. The number of fused-ring (bicyclic) bond motifs is 1. The van der Waals surface area contributed by atoms with Gasteiger partial charge in [-0.3, -0.25) is 4.98 Å². The van der Waals surface area contributed by atoms with Crippen molar-refractivity contribution in [3.05, 3.63) is 47.7 Å². The van der Waals surface area contributed by atoms with E-state index in [1.807, 2.05) is 19.1 Å². The number of benzene rings is 1. The number of unbranched alkanes of at least 4 members (excludes halogenated alkanes) is 5. The van der Waals surface area contributed by atoms with E-state index in [0.29, 0.717) is 6.61 Å². The molecule has 0 spiro atoms. The first-order chi connectivity index (χ1) is 11.6. The number of aryl methyl sites for hydroxylation is 1. The molecule has 0 radical (unpaired) electrons. The van der Waals surface area contributed by atoms with Gasteiger partial charge in [0.1, 0.15) is 12.4 Å². The first-order valence-corrected chi connectivity index (χ1v) is 9.29. The molecule has 0 atom stereocenters. The summed E-state index contributed by atoms with van der Waals surface area (Å²) in [5.74, 6) is 0.976. The SMILES string of the molecule is C=C(C)COc1c(C)c(CCCCCCCC)nc2ccccc12. The highest BCUT2D eigenvalue weighted by Crippen LogP contribution is 2.31. The maximum absolute atomic E-state index is 6.07. The average Bonchev–Trinajstić information content (AvgIpc) is 2.57. The smallest absolute Gasteiger partial charge is 0.133 e. The predicted octanol–water partition coefficient (Wildman–Crippen LogP) is 6.40. The van der Waals surface area contributed by atoms with Gasteiger partial charge in [0.05, 0.1) is 5.52 Å². The van der Waals surface area contributed by atoms with Gasteiger partial charge in [0.15, 0.2) is 0 Å². The summed E-state index contributed by atoms with van der Waals surface area (Å²) in [6, 6.07) is 8.26. The summed E-state index contributed by atoms with van der Waals surface area (Å²) in [5, 5.41) is 1.10. The fourth-order valence-corrected chi connectivity index (χ4v) is 3.02. The lowest BCUT2D eigenvalue weighted by atomic mass is 10.0. The maximum atomic E-state index is 6.07. The Morgan fingerprint density at radius 3 is 2.54 bits per heavy atom. The molecule has 2 aromatic rings. The molecule has 0 N–H and O–H groups in total. The number of aromatic nitrogens is 1. The zero-order valence-corrected chi connectivity index (χ0v) is 15.5. The molecule has 0 bridgehead atoms. The number of para-hydroxylation sites is 1. The van der Waals surface area contributed by atoms with Crippen LogP contribution in [0.1, 0.15) is 63.6 Å². The minimum absolute atomic E-state index is 0.561. The molecule has 0 saturated heterocycles. The Kier molecular flexibility index (Phi) is 7.30. The van der Waals surface area contributed by atoms with Crippen LogP contribution in [0.25, 0.3) is 10.9 Å². The first-order valence-electron chi connectivity index (χ1n) is 9.29. The van der Waals surface area contributed by atoms with Gasteiger partial charge in [0.25, 0.3) is 0 Å². The molecule has 0 amide bonds. The molecule has 1 heterocycles. The van der Waals surface area contributed by atoms with Crippen molar-refractivity contribution in [1.82, 2.24) is 4.98 Å². The molecule has 0 aliphatic carbocycles. The van der Waals surface area contributed by atoms with Crippen molar-refractivity contribution in [2.45, 2.75) is 65.7 Å². The summed E-state index contributed by atoms with van der Waals surface area (Å²) >= 11 is 0. The van der Waals surface area contributed by atoms with Gasteiger partial charge in [-0.15, -0.1) is 0 Å². The highest BCUT2D eigenvalue weighted by Gasteiger charge is 2.12. The summed E-state index contributed by atoms with van der Waals surface area (Å²) in [6.45, 7) is 10.9. The highest BCUT2D eigenvalue weighted by molar-refractivity contribution is 5.86. The minimum Gasteiger partial charge on any atom is -0.488 e. The number of rotatable bonds is 10. The van der Waals surface area contributed by atoms with Crippen molar-refractivity contribution in [3.63, 3.8) is 0 Å². The third-order valence-electron chi connectivity index (χ3n) is 4.41. The summed E-state index contributed by atoms with van der Waals surface area (Å²) in [5.41, 5.74) is 4.43. The molecule has 0 saturated carbocycles. The van der Waals surface area contributed by atoms with Crippen LogP contribution < -0.4 is 4.74 Å². The lowest BCUT2D eigenvalue weighted by Gasteiger charge is -2.15. The molecule has 130 valence electrons. The molecule has 1 aromatic heterocycles. The second-order valence-electron chi connectivity index (χ2n) is 6.79. The number of pyridine rings is 1. The van der Waals surface area contributed by atoms with Gasteiger partial charge < -0.3 is 4.74 Å². The van der Waals surface area contributed by atoms with Crippen molar-refractivity contribution in [3.8, 4) is 5.75 Å². The van der Waals surface area contributed by atoms with Crippen molar-refractivity contribution in [2.24, 2.45) is 0 Å². The molecular weight excluding hydrogens is 294 g/mol. The minimum atomic E-state index is 0.561. The Morgan fingerprint density at radius 1 is 1.08 bits per heavy atom. The maximum Gasteiger partial charge on any atom is 0.133 e. The number of ether oxygens (including phenoxy) is 1. The van der Waals surface area contributed by atoms with E-state index in [4.69, 9.17) is 9.72 Å². The van der Waals surface area contributed by atoms with E-state index < -0.39 is 0 Å². The largest absolute Gasteiger partial charge is 0.488 e. The second kappa shape index (κ2) is 9.46. The van der Waals surface area contributed by atoms with E-state index >= 15 is 0 Å². The summed E-state index contributed by atoms with van der Waals surface area (Å²) in [4.78, 5) is 4.89. The lowest BCUT2D eigenvalue weighted by Crippen LogP contribution is -2.04. The zero-order chi connectivity index (χ0) is 17.4. The van der Waals surface area contributed by atoms with Gasteiger partial charge in [0.2, 0.25) is 0 Å². The Morgan fingerprint density at radius 2 is 1.79 bits per heavy atom. The van der Waals surface area contributed by atoms with E-state index in [9.17, 15) is 0 Å². The first kappa shape index (κ1) is 18.5. The van der Waals surface area contributed by atoms with Crippen molar-refractivity contribution >= 4 is 10.9 Å². The summed E-state index contributed by atoms with van der Waals surface area (Å²) in [6.07, 6.45) is 8.87. The Labute approximate surface area is 147 Å². The third kappa shape index (κ3) is 5.09. The Hall–Kier alpha value is -1.83. The molecule has 2 heteroatoms. The molecule has 2 nitrogen and oxygen atoms in total. The number of hydrogen-bond donors (Lipinski definition) is 0. The van der Waals surface area contributed by atoms with E-state index in [-0.39, 0.29) is 0 Å². The molecule has 2 rings (SSSR count). The molecule has 0 aliphatic rings. The van der Waals surface area contributed by atoms with Gasteiger partial charge in [-0.2, -0.15) is 0 Å². The Bertz CT molecular complexity index is 675. The predicted molar refractivity (Wildman–Crippen MR) is 104 cm³/mol. The average molecular weight is 325 g/mol. The van der Waals surface area contributed by atoms with Crippen LogP contribution in [-0.2, 0) is 6.42 Å². The standard InChI is InChI=1S/C22H31NO/c1-5-6-7-8-9-10-14-20-18(4)22(24-16-17(2)3)19-13-11-12-15-21(19)23-20/h11-13,15H,2,5-10,14,16H2,1,3-4H3. The van der Waals surface area contributed by atoms with Crippen LogP contribution in [0.15, 0.2) is 36.4 Å². The normalized spacial score (nSPS) is 11.0. The van der Waals surface area contributed by atoms with Crippen molar-refractivity contribution in [1.29, 1.82) is 0 Å². The number of hydrogen-bond acceptors (Lipinski definition) is 2. The summed E-state index contributed by atoms with van der Waals surface area (Å²) < 4.78 is 6.07. The topological polar surface area (TPSA) is 22.1 Å². The van der Waals surface area contributed by atoms with Crippen LogP contribution in [0.5, 0.6) is 5.75 Å². The van der Waals surface area contributed by atoms with Gasteiger partial charge in [-0.1, -0.05) is 57.7 Å². The highest BCUT2D eigenvalue weighted by atomic mass is 16.5. The molecule has 0 unspecified atom stereocenters. The van der Waals surface area contributed by atoms with E-state index in [2.05, 4.69) is 32.6 Å². The fraction of sp³-hybridized carbons (Fsp3) is 0.500. The van der Waals surface area contributed by atoms with E-state index in [1.165, 1.54) is 49.8 Å². The number of nitrogens with zero attached hydrogens (tertiary/aromatic N) is 1. The van der Waals surface area contributed by atoms with Crippen LogP contribution in [0, 0.1) is 6.92 Å². The van der Waals surface area contributed by atoms with Crippen LogP contribution in [-0.4, -0.2) is 11.6 Å². The van der Waals surface area contributed by atoms with Crippen molar-refractivity contribution in [2.75, 3.05) is 6.61 Å². The van der Waals surface area contributed by atoms with Gasteiger partial charge in [-0.25, -0.2) is 0 Å². The van der Waals surface area contributed by atoms with E-state index in [1.54, 1.807) is 0 Å². The molecule has 24 heavy (non-hydrogen) atoms. The second-order valence-corrected chi connectivity index (χ2v) is 6.79. The van der Waals surface area contributed by atoms with Crippen LogP contribution in [0.4, 0.5) is 0 Å². The van der Waals surface area contributed by atoms with Crippen LogP contribution in [0.2, 0.25) is 0 Å². The van der Waals surface area contributed by atoms with Crippen LogP contribution in [0.3, 0.4) is 0 Å². The molecule has 0 aliphatic heterocycles. The zero-order valence-electron chi connectivity index (χ0n) is 15.5. The fourth-order valence-electron chi connectivity index (χ4n) is 3.02. The van der Waals surface area contributed by atoms with E-state index in [0.717, 1.165) is 28.6 Å². The monoisotopic (exact) mass is 325 g/mol. The van der Waals surface area contributed by atoms with Crippen molar-refractivity contribution < 1.29 is 4.74 Å².